The fourth-order valence-electron chi connectivity index (χ4n) is 4.67. The van der Waals surface area contributed by atoms with Crippen molar-refractivity contribution in [3.63, 3.8) is 0 Å². The van der Waals surface area contributed by atoms with Gasteiger partial charge < -0.3 is 10.2 Å². The maximum Gasteiger partial charge on any atom is 0.326 e. The summed E-state index contributed by atoms with van der Waals surface area (Å²) in [6.45, 7) is 7.17. The maximum absolute atomic E-state index is 14.0. The number of amides is 3. The average Bonchev–Trinajstić information content (AvgIpc) is 3.13. The molecule has 1 N–H and O–H groups in total. The van der Waals surface area contributed by atoms with Crippen molar-refractivity contribution in [1.29, 1.82) is 0 Å². The molecule has 0 aliphatic carbocycles. The SMILES string of the molecule is Cc1ccc([C@@]2(c3ccccc3)NC(=O)N(CN3CCN(c4ncccn4)CC3)C2=O)cc1C. The van der Waals surface area contributed by atoms with E-state index in [4.69, 9.17) is 0 Å². The molecule has 0 bridgehead atoms. The number of aromatic nitrogens is 2. The van der Waals surface area contributed by atoms with Crippen LogP contribution in [-0.2, 0) is 10.3 Å². The summed E-state index contributed by atoms with van der Waals surface area (Å²) in [5, 5.41) is 3.05. The van der Waals surface area contributed by atoms with Gasteiger partial charge >= 0.3 is 6.03 Å². The third kappa shape index (κ3) is 3.80. The van der Waals surface area contributed by atoms with Crippen LogP contribution in [0.4, 0.5) is 10.7 Å². The number of benzene rings is 2. The standard InChI is InChI=1S/C26H28N6O2/c1-19-9-10-22(17-20(19)2)26(21-7-4-3-5-8-21)23(33)32(25(34)29-26)18-30-13-15-31(16-14-30)24-27-11-6-12-28-24/h3-12,17H,13-16,18H2,1-2H3,(H,29,34)/t26-/m1/s1. The minimum atomic E-state index is -1.24. The van der Waals surface area contributed by atoms with Gasteiger partial charge in [0.05, 0.1) is 6.67 Å². The highest BCUT2D eigenvalue weighted by Gasteiger charge is 2.54. The Labute approximate surface area is 199 Å². The highest BCUT2D eigenvalue weighted by Crippen LogP contribution is 2.37. The highest BCUT2D eigenvalue weighted by molar-refractivity contribution is 6.09. The first kappa shape index (κ1) is 22.0. The van der Waals surface area contributed by atoms with Crippen LogP contribution in [-0.4, -0.2) is 64.6 Å². The zero-order valence-corrected chi connectivity index (χ0v) is 19.4. The van der Waals surface area contributed by atoms with Crippen molar-refractivity contribution in [2.75, 3.05) is 37.7 Å². The molecule has 3 amide bonds. The molecule has 2 aliphatic rings. The van der Waals surface area contributed by atoms with Crippen LogP contribution in [0.25, 0.3) is 0 Å². The normalized spacial score (nSPS) is 21.1. The van der Waals surface area contributed by atoms with Crippen LogP contribution >= 0.6 is 0 Å². The number of hydrogen-bond donors (Lipinski definition) is 1. The van der Waals surface area contributed by atoms with Gasteiger partial charge in [-0.1, -0.05) is 48.5 Å². The first-order valence-electron chi connectivity index (χ1n) is 11.5. The Morgan fingerprint density at radius 1 is 0.853 bits per heavy atom. The molecule has 8 nitrogen and oxygen atoms in total. The number of hydrogen-bond acceptors (Lipinski definition) is 6. The average molecular weight is 457 g/mol. The van der Waals surface area contributed by atoms with Gasteiger partial charge in [0.15, 0.2) is 5.54 Å². The first-order valence-corrected chi connectivity index (χ1v) is 11.5. The molecule has 5 rings (SSSR count). The molecule has 2 saturated heterocycles. The van der Waals surface area contributed by atoms with E-state index < -0.39 is 5.54 Å². The van der Waals surface area contributed by atoms with Crippen molar-refractivity contribution in [2.45, 2.75) is 19.4 Å². The molecule has 0 saturated carbocycles. The molecule has 2 aromatic carbocycles. The molecule has 174 valence electrons. The molecule has 34 heavy (non-hydrogen) atoms. The summed E-state index contributed by atoms with van der Waals surface area (Å²) >= 11 is 0. The number of rotatable bonds is 5. The molecular formula is C26H28N6O2. The number of imide groups is 1. The van der Waals surface area contributed by atoms with E-state index in [0.29, 0.717) is 19.0 Å². The van der Waals surface area contributed by atoms with E-state index in [-0.39, 0.29) is 18.6 Å². The second kappa shape index (κ2) is 8.87. The van der Waals surface area contributed by atoms with Crippen molar-refractivity contribution in [2.24, 2.45) is 0 Å². The topological polar surface area (TPSA) is 81.7 Å². The minimum absolute atomic E-state index is 0.244. The van der Waals surface area contributed by atoms with Crippen molar-refractivity contribution >= 4 is 17.9 Å². The monoisotopic (exact) mass is 456 g/mol. The molecule has 2 fully saturated rings. The Hall–Kier alpha value is -3.78. The molecule has 1 atom stereocenters. The predicted octanol–water partition coefficient (Wildman–Crippen LogP) is 2.67. The molecule has 3 aromatic rings. The van der Waals surface area contributed by atoms with Crippen LogP contribution < -0.4 is 10.2 Å². The summed E-state index contributed by atoms with van der Waals surface area (Å²) in [5.41, 5.74) is 2.50. The fourth-order valence-corrected chi connectivity index (χ4v) is 4.67. The van der Waals surface area contributed by atoms with E-state index in [9.17, 15) is 9.59 Å². The Bertz CT molecular complexity index is 1190. The smallest absolute Gasteiger partial charge is 0.326 e. The van der Waals surface area contributed by atoms with Crippen LogP contribution in [0.15, 0.2) is 67.0 Å². The van der Waals surface area contributed by atoms with Crippen LogP contribution in [0.3, 0.4) is 0 Å². The first-order chi connectivity index (χ1) is 16.5. The van der Waals surface area contributed by atoms with Crippen molar-refractivity contribution in [1.82, 2.24) is 25.1 Å². The van der Waals surface area contributed by atoms with Gasteiger partial charge in [0.2, 0.25) is 5.95 Å². The summed E-state index contributed by atoms with van der Waals surface area (Å²) in [6.07, 6.45) is 3.47. The number of nitrogens with one attached hydrogen (secondary N) is 1. The lowest BCUT2D eigenvalue weighted by molar-refractivity contribution is -0.131. The molecular weight excluding hydrogens is 428 g/mol. The molecule has 2 aliphatic heterocycles. The summed E-state index contributed by atoms with van der Waals surface area (Å²) in [5.74, 6) is 0.454. The summed E-state index contributed by atoms with van der Waals surface area (Å²) in [6, 6.07) is 16.9. The molecule has 3 heterocycles. The van der Waals surface area contributed by atoms with E-state index >= 15 is 0 Å². The van der Waals surface area contributed by atoms with Crippen molar-refractivity contribution in [3.05, 3.63) is 89.2 Å². The van der Waals surface area contributed by atoms with E-state index in [2.05, 4.69) is 25.1 Å². The Morgan fingerprint density at radius 3 is 2.24 bits per heavy atom. The van der Waals surface area contributed by atoms with E-state index in [1.54, 1.807) is 18.5 Å². The lowest BCUT2D eigenvalue weighted by atomic mass is 9.81. The van der Waals surface area contributed by atoms with Gasteiger partial charge in [-0.2, -0.15) is 0 Å². The number of nitrogens with zero attached hydrogens (tertiary/aromatic N) is 5. The van der Waals surface area contributed by atoms with Crippen LogP contribution in [0.1, 0.15) is 22.3 Å². The van der Waals surface area contributed by atoms with Gasteiger partial charge in [-0.15, -0.1) is 0 Å². The Balaban J connectivity index is 1.39. The van der Waals surface area contributed by atoms with E-state index in [0.717, 1.165) is 35.3 Å². The number of carbonyl (C=O) groups is 2. The quantitative estimate of drug-likeness (QED) is 0.595. The number of anilines is 1. The van der Waals surface area contributed by atoms with Crippen LogP contribution in [0.5, 0.6) is 0 Å². The minimum Gasteiger partial charge on any atom is -0.338 e. The lowest BCUT2D eigenvalue weighted by Crippen LogP contribution is -2.52. The fraction of sp³-hybridized carbons (Fsp3) is 0.308. The van der Waals surface area contributed by atoms with Crippen LogP contribution in [0, 0.1) is 13.8 Å². The summed E-state index contributed by atoms with van der Waals surface area (Å²) in [4.78, 5) is 41.4. The van der Waals surface area contributed by atoms with Gasteiger partial charge in [-0.25, -0.2) is 19.7 Å². The maximum atomic E-state index is 14.0. The molecule has 0 unspecified atom stereocenters. The summed E-state index contributed by atoms with van der Waals surface area (Å²) < 4.78 is 0. The number of piperazine rings is 1. The Morgan fingerprint density at radius 2 is 1.56 bits per heavy atom. The number of carbonyl (C=O) groups excluding carboxylic acids is 2. The lowest BCUT2D eigenvalue weighted by Gasteiger charge is -2.36. The zero-order valence-electron chi connectivity index (χ0n) is 19.4. The summed E-state index contributed by atoms with van der Waals surface area (Å²) in [7, 11) is 0. The van der Waals surface area contributed by atoms with Gasteiger partial charge in [0.1, 0.15) is 0 Å². The van der Waals surface area contributed by atoms with Gasteiger partial charge in [-0.05, 0) is 42.2 Å². The highest BCUT2D eigenvalue weighted by atomic mass is 16.2. The molecule has 0 spiro atoms. The Kier molecular flexibility index (Phi) is 5.75. The van der Waals surface area contributed by atoms with Gasteiger partial charge in [-0.3, -0.25) is 9.69 Å². The molecule has 1 aromatic heterocycles. The third-order valence-corrected chi connectivity index (χ3v) is 6.80. The van der Waals surface area contributed by atoms with Crippen molar-refractivity contribution < 1.29 is 9.59 Å². The molecule has 0 radical (unpaired) electrons. The molecule has 8 heteroatoms. The van der Waals surface area contributed by atoms with Gasteiger partial charge in [0.25, 0.3) is 5.91 Å². The largest absolute Gasteiger partial charge is 0.338 e. The van der Waals surface area contributed by atoms with Crippen LogP contribution in [0.2, 0.25) is 0 Å². The predicted molar refractivity (Wildman–Crippen MR) is 129 cm³/mol. The van der Waals surface area contributed by atoms with Crippen molar-refractivity contribution in [3.8, 4) is 0 Å². The third-order valence-electron chi connectivity index (χ3n) is 6.80. The van der Waals surface area contributed by atoms with E-state index in [1.165, 1.54) is 4.90 Å². The van der Waals surface area contributed by atoms with Gasteiger partial charge in [0, 0.05) is 38.6 Å². The zero-order chi connectivity index (χ0) is 23.7. The number of aryl methyl sites for hydroxylation is 2. The second-order valence-electron chi connectivity index (χ2n) is 8.87. The van der Waals surface area contributed by atoms with E-state index in [1.807, 2.05) is 62.4 Å². The number of urea groups is 1. The second-order valence-corrected chi connectivity index (χ2v) is 8.87.